The van der Waals surface area contributed by atoms with Gasteiger partial charge in [-0.05, 0) is 13.8 Å². The Bertz CT molecular complexity index is 321. The largest absolute Gasteiger partial charge is 0.458 e. The standard InChI is InChI=1S/C11H16F6O2/c1-8(2,3)9(4,5)19-7(18)6(10(12,13)14)11(15,16)17/h6H,1-5H3. The molecule has 0 aliphatic carbocycles. The van der Waals surface area contributed by atoms with Crippen LogP contribution in [0.4, 0.5) is 26.3 Å². The van der Waals surface area contributed by atoms with Crippen LogP contribution in [0.2, 0.25) is 0 Å². The number of halogens is 6. The molecule has 0 spiro atoms. The molecule has 0 aromatic carbocycles. The summed E-state index contributed by atoms with van der Waals surface area (Å²) in [5, 5.41) is 0. The van der Waals surface area contributed by atoms with E-state index in [1.54, 1.807) is 0 Å². The second-order valence-corrected chi connectivity index (χ2v) is 5.70. The molecule has 0 radical (unpaired) electrons. The van der Waals surface area contributed by atoms with Gasteiger partial charge < -0.3 is 4.74 Å². The minimum absolute atomic E-state index is 0.815. The zero-order chi connectivity index (χ0) is 15.9. The van der Waals surface area contributed by atoms with E-state index in [0.717, 1.165) is 0 Å². The Kier molecular flexibility index (Phi) is 4.62. The Balaban J connectivity index is 5.29. The molecule has 0 aliphatic heterocycles. The Hall–Kier alpha value is -0.950. The SMILES string of the molecule is CC(C)(C)C(C)(C)OC(=O)C(C(F)(F)F)C(F)(F)F. The number of carbonyl (C=O) groups excluding carboxylic acids is 1. The predicted octanol–water partition coefficient (Wildman–Crippen LogP) is 4.10. The van der Waals surface area contributed by atoms with Crippen molar-refractivity contribution in [3.63, 3.8) is 0 Å². The molecule has 0 aliphatic rings. The average molecular weight is 294 g/mol. The smallest absolute Gasteiger partial charge is 0.411 e. The molecule has 0 N–H and O–H groups in total. The number of hydrogen-bond acceptors (Lipinski definition) is 2. The highest BCUT2D eigenvalue weighted by atomic mass is 19.4. The Morgan fingerprint density at radius 1 is 0.842 bits per heavy atom. The normalized spacial score (nSPS) is 14.7. The van der Waals surface area contributed by atoms with Gasteiger partial charge in [0.25, 0.3) is 0 Å². The highest BCUT2D eigenvalue weighted by Gasteiger charge is 2.63. The number of rotatable bonds is 2. The van der Waals surface area contributed by atoms with Gasteiger partial charge in [0.1, 0.15) is 5.60 Å². The molecule has 19 heavy (non-hydrogen) atoms. The predicted molar refractivity (Wildman–Crippen MR) is 55.2 cm³/mol. The number of alkyl halides is 6. The van der Waals surface area contributed by atoms with E-state index in [9.17, 15) is 31.1 Å². The van der Waals surface area contributed by atoms with E-state index < -0.39 is 35.3 Å². The monoisotopic (exact) mass is 294 g/mol. The van der Waals surface area contributed by atoms with E-state index in [0.29, 0.717) is 0 Å². The molecule has 0 aromatic rings. The second-order valence-electron chi connectivity index (χ2n) is 5.70. The molecule has 0 atom stereocenters. The first kappa shape index (κ1) is 18.0. The van der Waals surface area contributed by atoms with E-state index >= 15 is 0 Å². The van der Waals surface area contributed by atoms with Gasteiger partial charge in [-0.25, -0.2) is 0 Å². The topological polar surface area (TPSA) is 26.3 Å². The van der Waals surface area contributed by atoms with Crippen LogP contribution < -0.4 is 0 Å². The van der Waals surface area contributed by atoms with Crippen molar-refractivity contribution < 1.29 is 35.9 Å². The Morgan fingerprint density at radius 2 is 1.16 bits per heavy atom. The lowest BCUT2D eigenvalue weighted by atomic mass is 9.79. The van der Waals surface area contributed by atoms with Crippen molar-refractivity contribution in [3.05, 3.63) is 0 Å². The number of hydrogen-bond donors (Lipinski definition) is 0. The van der Waals surface area contributed by atoms with Gasteiger partial charge in [0.15, 0.2) is 0 Å². The average Bonchev–Trinajstić information content (AvgIpc) is 1.92. The van der Waals surface area contributed by atoms with Crippen molar-refractivity contribution in [2.24, 2.45) is 11.3 Å². The van der Waals surface area contributed by atoms with Gasteiger partial charge in [-0.2, -0.15) is 26.3 Å². The van der Waals surface area contributed by atoms with Crippen molar-refractivity contribution in [2.75, 3.05) is 0 Å². The molecular weight excluding hydrogens is 278 g/mol. The van der Waals surface area contributed by atoms with Crippen molar-refractivity contribution in [1.29, 1.82) is 0 Å². The molecule has 0 amide bonds. The molecule has 8 heteroatoms. The zero-order valence-corrected chi connectivity index (χ0v) is 11.2. The van der Waals surface area contributed by atoms with Crippen LogP contribution in [-0.2, 0) is 9.53 Å². The van der Waals surface area contributed by atoms with E-state index in [-0.39, 0.29) is 0 Å². The lowest BCUT2D eigenvalue weighted by Crippen LogP contribution is -2.49. The fraction of sp³-hybridized carbons (Fsp3) is 0.909. The summed E-state index contributed by atoms with van der Waals surface area (Å²) in [6, 6.07) is 0. The highest BCUT2D eigenvalue weighted by molar-refractivity contribution is 5.74. The highest BCUT2D eigenvalue weighted by Crippen LogP contribution is 2.42. The molecule has 0 heterocycles. The summed E-state index contributed by atoms with van der Waals surface area (Å²) < 4.78 is 78.3. The summed E-state index contributed by atoms with van der Waals surface area (Å²) in [6.07, 6.45) is -11.5. The quantitative estimate of drug-likeness (QED) is 0.566. The molecule has 0 saturated heterocycles. The van der Waals surface area contributed by atoms with Gasteiger partial charge in [0.05, 0.1) is 0 Å². The third kappa shape index (κ3) is 4.58. The molecule has 0 rings (SSSR count). The van der Waals surface area contributed by atoms with Gasteiger partial charge >= 0.3 is 18.3 Å². The third-order valence-corrected chi connectivity index (χ3v) is 3.05. The molecule has 0 aromatic heterocycles. The Morgan fingerprint density at radius 3 is 1.37 bits per heavy atom. The van der Waals surface area contributed by atoms with Crippen LogP contribution in [0, 0.1) is 11.3 Å². The van der Waals surface area contributed by atoms with Gasteiger partial charge in [-0.1, -0.05) is 20.8 Å². The minimum atomic E-state index is -5.73. The van der Waals surface area contributed by atoms with E-state index in [1.807, 2.05) is 0 Å². The first-order valence-electron chi connectivity index (χ1n) is 5.36. The van der Waals surface area contributed by atoms with Gasteiger partial charge in [-0.15, -0.1) is 0 Å². The molecule has 0 saturated carbocycles. The maximum Gasteiger partial charge on any atom is 0.411 e. The van der Waals surface area contributed by atoms with Gasteiger partial charge in [0, 0.05) is 5.41 Å². The first-order chi connectivity index (χ1) is 8.00. The summed E-state index contributed by atoms with van der Waals surface area (Å²) in [7, 11) is 0. The van der Waals surface area contributed by atoms with Crippen molar-refractivity contribution in [1.82, 2.24) is 0 Å². The zero-order valence-electron chi connectivity index (χ0n) is 11.2. The van der Waals surface area contributed by atoms with Crippen LogP contribution in [-0.4, -0.2) is 23.9 Å². The van der Waals surface area contributed by atoms with Crippen LogP contribution in [0.15, 0.2) is 0 Å². The van der Waals surface area contributed by atoms with Crippen molar-refractivity contribution in [2.45, 2.75) is 52.6 Å². The third-order valence-electron chi connectivity index (χ3n) is 3.05. The minimum Gasteiger partial charge on any atom is -0.458 e. The van der Waals surface area contributed by atoms with Crippen molar-refractivity contribution in [3.8, 4) is 0 Å². The maximum absolute atomic E-state index is 12.3. The lowest BCUT2D eigenvalue weighted by Gasteiger charge is -2.39. The van der Waals surface area contributed by atoms with Gasteiger partial charge in [-0.3, -0.25) is 4.79 Å². The Labute approximate surface area is 107 Å². The van der Waals surface area contributed by atoms with E-state index in [2.05, 4.69) is 4.74 Å². The molecule has 114 valence electrons. The van der Waals surface area contributed by atoms with E-state index in [4.69, 9.17) is 0 Å². The fourth-order valence-electron chi connectivity index (χ4n) is 0.916. The summed E-state index contributed by atoms with van der Waals surface area (Å²) in [5.74, 6) is -6.46. The van der Waals surface area contributed by atoms with Crippen LogP contribution in [0.25, 0.3) is 0 Å². The maximum atomic E-state index is 12.3. The van der Waals surface area contributed by atoms with Crippen LogP contribution in [0.3, 0.4) is 0 Å². The van der Waals surface area contributed by atoms with Gasteiger partial charge in [0.2, 0.25) is 5.92 Å². The lowest BCUT2D eigenvalue weighted by molar-refractivity contribution is -0.286. The molecule has 2 nitrogen and oxygen atoms in total. The van der Waals surface area contributed by atoms with E-state index in [1.165, 1.54) is 34.6 Å². The summed E-state index contributed by atoms with van der Waals surface area (Å²) in [4.78, 5) is 11.2. The number of carbonyl (C=O) groups is 1. The van der Waals surface area contributed by atoms with Crippen LogP contribution >= 0.6 is 0 Å². The second kappa shape index (κ2) is 4.86. The molecular formula is C11H16F6O2. The number of esters is 1. The summed E-state index contributed by atoms with van der Waals surface area (Å²) >= 11 is 0. The fourth-order valence-corrected chi connectivity index (χ4v) is 0.916. The molecule has 0 fully saturated rings. The van der Waals surface area contributed by atoms with Crippen LogP contribution in [0.1, 0.15) is 34.6 Å². The first-order valence-corrected chi connectivity index (χ1v) is 5.36. The van der Waals surface area contributed by atoms with Crippen LogP contribution in [0.5, 0.6) is 0 Å². The number of ether oxygens (including phenoxy) is 1. The molecule has 0 unspecified atom stereocenters. The summed E-state index contributed by atoms with van der Waals surface area (Å²) in [6.45, 7) is 7.13. The van der Waals surface area contributed by atoms with Crippen molar-refractivity contribution >= 4 is 5.97 Å². The molecule has 0 bridgehead atoms. The summed E-state index contributed by atoms with van der Waals surface area (Å²) in [5.41, 5.74) is -2.29.